The van der Waals surface area contributed by atoms with E-state index in [-0.39, 0.29) is 0 Å². The quantitative estimate of drug-likeness (QED) is 0.568. The van der Waals surface area contributed by atoms with Crippen LogP contribution < -0.4 is 0 Å². The fourth-order valence-corrected chi connectivity index (χ4v) is 3.30. The number of halogens is 1. The highest BCUT2D eigenvalue weighted by Gasteiger charge is 2.11. The van der Waals surface area contributed by atoms with Crippen LogP contribution in [0.15, 0.2) is 53.0 Å². The van der Waals surface area contributed by atoms with E-state index in [2.05, 4.69) is 78.3 Å². The van der Waals surface area contributed by atoms with Gasteiger partial charge in [0.1, 0.15) is 5.01 Å². The second kappa shape index (κ2) is 5.51. The minimum absolute atomic E-state index is 1.07. The molecule has 0 amide bonds. The first-order chi connectivity index (χ1) is 9.63. The topological polar surface area (TPSA) is 12.9 Å². The summed E-state index contributed by atoms with van der Waals surface area (Å²) >= 11 is 5.21. The zero-order valence-electron chi connectivity index (χ0n) is 11.4. The van der Waals surface area contributed by atoms with Crippen LogP contribution in [0.3, 0.4) is 0 Å². The average molecular weight is 344 g/mol. The van der Waals surface area contributed by atoms with Gasteiger partial charge in [-0.2, -0.15) is 0 Å². The van der Waals surface area contributed by atoms with E-state index >= 15 is 0 Å². The lowest BCUT2D eigenvalue weighted by Gasteiger charge is -1.99. The lowest BCUT2D eigenvalue weighted by molar-refractivity contribution is 1.36. The SMILES string of the molecule is Cc1ccc(-c2nc(-c3ccc(Br)cc3)sc2C)cc1. The summed E-state index contributed by atoms with van der Waals surface area (Å²) in [5.74, 6) is 0. The first kappa shape index (κ1) is 13.5. The molecule has 20 heavy (non-hydrogen) atoms. The minimum Gasteiger partial charge on any atom is -0.236 e. The van der Waals surface area contributed by atoms with Crippen LogP contribution in [-0.4, -0.2) is 4.98 Å². The van der Waals surface area contributed by atoms with Gasteiger partial charge in [-0.25, -0.2) is 4.98 Å². The molecule has 0 bridgehead atoms. The van der Waals surface area contributed by atoms with Crippen molar-refractivity contribution >= 4 is 27.3 Å². The van der Waals surface area contributed by atoms with E-state index in [1.54, 1.807) is 11.3 Å². The number of hydrogen-bond donors (Lipinski definition) is 0. The van der Waals surface area contributed by atoms with Gasteiger partial charge in [0, 0.05) is 20.5 Å². The molecule has 0 aliphatic rings. The molecular weight excluding hydrogens is 330 g/mol. The fraction of sp³-hybridized carbons (Fsp3) is 0.118. The first-order valence-electron chi connectivity index (χ1n) is 6.44. The summed E-state index contributed by atoms with van der Waals surface area (Å²) in [6.45, 7) is 4.24. The van der Waals surface area contributed by atoms with Crippen LogP contribution in [0, 0.1) is 13.8 Å². The normalized spacial score (nSPS) is 10.8. The molecule has 0 saturated heterocycles. The highest BCUT2D eigenvalue weighted by Crippen LogP contribution is 2.33. The smallest absolute Gasteiger partial charge is 0.124 e. The Morgan fingerprint density at radius 2 is 1.45 bits per heavy atom. The molecule has 3 heteroatoms. The number of thiazole rings is 1. The molecule has 2 aromatic carbocycles. The van der Waals surface area contributed by atoms with Crippen LogP contribution in [0.1, 0.15) is 10.4 Å². The van der Waals surface area contributed by atoms with E-state index in [1.165, 1.54) is 21.6 Å². The summed E-state index contributed by atoms with van der Waals surface area (Å²) in [7, 11) is 0. The van der Waals surface area contributed by atoms with Gasteiger partial charge in [-0.3, -0.25) is 0 Å². The second-order valence-corrected chi connectivity index (χ2v) is 6.92. The summed E-state index contributed by atoms with van der Waals surface area (Å²) in [4.78, 5) is 6.07. The summed E-state index contributed by atoms with van der Waals surface area (Å²) in [5.41, 5.74) is 4.72. The molecule has 0 saturated carbocycles. The highest BCUT2D eigenvalue weighted by atomic mass is 79.9. The number of rotatable bonds is 2. The molecule has 0 aliphatic carbocycles. The minimum atomic E-state index is 1.07. The zero-order chi connectivity index (χ0) is 14.1. The average Bonchev–Trinajstić information content (AvgIpc) is 2.82. The van der Waals surface area contributed by atoms with Crippen molar-refractivity contribution in [1.29, 1.82) is 0 Å². The molecule has 0 radical (unpaired) electrons. The van der Waals surface area contributed by atoms with Gasteiger partial charge in [-0.05, 0) is 26.0 Å². The molecule has 0 N–H and O–H groups in total. The number of nitrogens with zero attached hydrogens (tertiary/aromatic N) is 1. The lowest BCUT2D eigenvalue weighted by Crippen LogP contribution is -1.82. The van der Waals surface area contributed by atoms with Crippen LogP contribution in [0.25, 0.3) is 21.8 Å². The lowest BCUT2D eigenvalue weighted by atomic mass is 10.1. The van der Waals surface area contributed by atoms with Crippen LogP contribution in [0.5, 0.6) is 0 Å². The predicted molar refractivity (Wildman–Crippen MR) is 90.2 cm³/mol. The Labute approximate surface area is 131 Å². The van der Waals surface area contributed by atoms with Crippen LogP contribution in [0.2, 0.25) is 0 Å². The van der Waals surface area contributed by atoms with Gasteiger partial charge >= 0.3 is 0 Å². The standard InChI is InChI=1S/C17H14BrNS/c1-11-3-5-13(6-4-11)16-12(2)20-17(19-16)14-7-9-15(18)10-8-14/h3-10H,1-2H3. The Morgan fingerprint density at radius 1 is 0.850 bits per heavy atom. The van der Waals surface area contributed by atoms with Crippen molar-refractivity contribution in [2.45, 2.75) is 13.8 Å². The second-order valence-electron chi connectivity index (χ2n) is 4.80. The summed E-state index contributed by atoms with van der Waals surface area (Å²) in [6, 6.07) is 16.9. The van der Waals surface area contributed by atoms with Gasteiger partial charge in [0.05, 0.1) is 5.69 Å². The van der Waals surface area contributed by atoms with Crippen molar-refractivity contribution in [3.63, 3.8) is 0 Å². The van der Waals surface area contributed by atoms with Gasteiger partial charge in [-0.1, -0.05) is 57.9 Å². The molecule has 0 unspecified atom stereocenters. The molecule has 1 heterocycles. The molecule has 100 valence electrons. The Morgan fingerprint density at radius 3 is 2.10 bits per heavy atom. The van der Waals surface area contributed by atoms with Gasteiger partial charge in [0.15, 0.2) is 0 Å². The van der Waals surface area contributed by atoms with Crippen LogP contribution in [0.4, 0.5) is 0 Å². The molecule has 0 spiro atoms. The van der Waals surface area contributed by atoms with Crippen molar-refractivity contribution < 1.29 is 0 Å². The van der Waals surface area contributed by atoms with E-state index in [0.717, 1.165) is 15.2 Å². The summed E-state index contributed by atoms with van der Waals surface area (Å²) in [6.07, 6.45) is 0. The molecule has 1 nitrogen and oxygen atoms in total. The van der Waals surface area contributed by atoms with E-state index < -0.39 is 0 Å². The van der Waals surface area contributed by atoms with Crippen LogP contribution in [-0.2, 0) is 0 Å². The maximum absolute atomic E-state index is 4.81. The van der Waals surface area contributed by atoms with E-state index in [4.69, 9.17) is 4.98 Å². The Hall–Kier alpha value is -1.45. The van der Waals surface area contributed by atoms with E-state index in [9.17, 15) is 0 Å². The van der Waals surface area contributed by atoms with Crippen molar-refractivity contribution in [2.24, 2.45) is 0 Å². The molecule has 0 atom stereocenters. The third kappa shape index (κ3) is 2.69. The van der Waals surface area contributed by atoms with Crippen molar-refractivity contribution in [3.05, 3.63) is 63.4 Å². The van der Waals surface area contributed by atoms with E-state index in [0.29, 0.717) is 0 Å². The Bertz CT molecular complexity index is 727. The van der Waals surface area contributed by atoms with Crippen molar-refractivity contribution in [2.75, 3.05) is 0 Å². The third-order valence-corrected chi connectivity index (χ3v) is 4.76. The summed E-state index contributed by atoms with van der Waals surface area (Å²) < 4.78 is 1.09. The molecular formula is C17H14BrNS. The Balaban J connectivity index is 2.02. The first-order valence-corrected chi connectivity index (χ1v) is 8.05. The zero-order valence-corrected chi connectivity index (χ0v) is 13.8. The van der Waals surface area contributed by atoms with Gasteiger partial charge in [0.25, 0.3) is 0 Å². The summed E-state index contributed by atoms with van der Waals surface area (Å²) in [5, 5.41) is 1.07. The highest BCUT2D eigenvalue weighted by molar-refractivity contribution is 9.10. The molecule has 3 rings (SSSR count). The number of aryl methyl sites for hydroxylation is 2. The maximum Gasteiger partial charge on any atom is 0.124 e. The monoisotopic (exact) mass is 343 g/mol. The van der Waals surface area contributed by atoms with Crippen molar-refractivity contribution in [3.8, 4) is 21.8 Å². The third-order valence-electron chi connectivity index (χ3n) is 3.21. The van der Waals surface area contributed by atoms with Crippen molar-refractivity contribution in [1.82, 2.24) is 4.98 Å². The fourth-order valence-electron chi connectivity index (χ4n) is 2.09. The molecule has 0 fully saturated rings. The molecule has 0 aliphatic heterocycles. The maximum atomic E-state index is 4.81. The van der Waals surface area contributed by atoms with Gasteiger partial charge in [0.2, 0.25) is 0 Å². The molecule has 3 aromatic rings. The van der Waals surface area contributed by atoms with Gasteiger partial charge in [-0.15, -0.1) is 11.3 Å². The van der Waals surface area contributed by atoms with E-state index in [1.807, 2.05) is 0 Å². The number of aromatic nitrogens is 1. The predicted octanol–water partition coefficient (Wildman–Crippen LogP) is 5.86. The number of benzene rings is 2. The Kier molecular flexibility index (Phi) is 3.72. The number of hydrogen-bond acceptors (Lipinski definition) is 2. The largest absolute Gasteiger partial charge is 0.236 e. The van der Waals surface area contributed by atoms with Gasteiger partial charge < -0.3 is 0 Å². The molecule has 1 aromatic heterocycles. The van der Waals surface area contributed by atoms with Crippen LogP contribution >= 0.6 is 27.3 Å².